The van der Waals surface area contributed by atoms with Crippen molar-refractivity contribution in [2.75, 3.05) is 6.61 Å². The number of hydrogen-bond donors (Lipinski definition) is 0. The van der Waals surface area contributed by atoms with Crippen LogP contribution in [0.1, 0.15) is 34.8 Å². The number of thioether (sulfide) groups is 1. The summed E-state index contributed by atoms with van der Waals surface area (Å²) in [5.74, 6) is -0.698. The Labute approximate surface area is 174 Å². The summed E-state index contributed by atoms with van der Waals surface area (Å²) < 4.78 is 5.22. The van der Waals surface area contributed by atoms with Gasteiger partial charge < -0.3 is 4.74 Å². The Morgan fingerprint density at radius 3 is 2.48 bits per heavy atom. The highest BCUT2D eigenvalue weighted by Crippen LogP contribution is 2.52. The lowest BCUT2D eigenvalue weighted by Gasteiger charge is -2.32. The van der Waals surface area contributed by atoms with Crippen molar-refractivity contribution in [1.82, 2.24) is 0 Å². The van der Waals surface area contributed by atoms with E-state index in [1.54, 1.807) is 0 Å². The van der Waals surface area contributed by atoms with E-state index in [1.165, 1.54) is 18.2 Å². The van der Waals surface area contributed by atoms with Crippen LogP contribution in [0.4, 0.5) is 0 Å². The third-order valence-electron chi connectivity index (χ3n) is 4.77. The van der Waals surface area contributed by atoms with Crippen LogP contribution in [0.15, 0.2) is 70.2 Å². The Bertz CT molecular complexity index is 965. The van der Waals surface area contributed by atoms with E-state index >= 15 is 0 Å². The molecule has 0 amide bonds. The zero-order chi connectivity index (χ0) is 20.8. The van der Waals surface area contributed by atoms with Crippen molar-refractivity contribution in [3.8, 4) is 6.07 Å². The summed E-state index contributed by atoms with van der Waals surface area (Å²) >= 11 is 1.24. The molecule has 1 aliphatic rings. The fourth-order valence-corrected chi connectivity index (χ4v) is 4.72. The largest absolute Gasteiger partial charge is 0.483 e. The molecule has 6 nitrogen and oxygen atoms in total. The van der Waals surface area contributed by atoms with Gasteiger partial charge in [-0.25, -0.2) is 4.99 Å². The molecule has 3 unspecified atom stereocenters. The summed E-state index contributed by atoms with van der Waals surface area (Å²) in [4.78, 5) is 16.3. The lowest BCUT2D eigenvalue weighted by Crippen LogP contribution is -2.36. The van der Waals surface area contributed by atoms with E-state index in [4.69, 9.17) is 4.74 Å². The zero-order valence-electron chi connectivity index (χ0n) is 16.2. The second kappa shape index (κ2) is 9.39. The molecule has 0 aliphatic carbocycles. The standard InChI is InChI=1S/C22H21N3O3S/c1-3-28-14-24-22-18(13-23)19(16-11-9-15(2)10-12-16)20(25(26)27)21(29-22)17-7-5-4-6-8-17/h4-12,14,19-21H,3H2,1-2H3/b24-14+. The molecule has 29 heavy (non-hydrogen) atoms. The van der Waals surface area contributed by atoms with Crippen molar-refractivity contribution < 1.29 is 9.66 Å². The smallest absolute Gasteiger partial charge is 0.240 e. The minimum Gasteiger partial charge on any atom is -0.483 e. The average Bonchev–Trinajstić information content (AvgIpc) is 2.74. The predicted octanol–water partition coefficient (Wildman–Crippen LogP) is 5.01. The normalized spacial score (nSPS) is 21.8. The van der Waals surface area contributed by atoms with Gasteiger partial charge in [-0.05, 0) is 25.0 Å². The van der Waals surface area contributed by atoms with E-state index in [9.17, 15) is 15.4 Å². The maximum absolute atomic E-state index is 12.2. The Morgan fingerprint density at radius 1 is 1.21 bits per heavy atom. The average molecular weight is 407 g/mol. The molecule has 0 aromatic heterocycles. The number of nitro groups is 1. The van der Waals surface area contributed by atoms with Crippen molar-refractivity contribution in [1.29, 1.82) is 5.26 Å². The molecule has 0 fully saturated rings. The predicted molar refractivity (Wildman–Crippen MR) is 114 cm³/mol. The molecule has 3 rings (SSSR count). The second-order valence-corrected chi connectivity index (χ2v) is 7.76. The fraction of sp³-hybridized carbons (Fsp3) is 0.273. The second-order valence-electron chi connectivity index (χ2n) is 6.63. The van der Waals surface area contributed by atoms with Crippen molar-refractivity contribution in [3.05, 3.63) is 92.0 Å². The van der Waals surface area contributed by atoms with Gasteiger partial charge in [-0.1, -0.05) is 71.9 Å². The van der Waals surface area contributed by atoms with E-state index in [0.717, 1.165) is 16.7 Å². The summed E-state index contributed by atoms with van der Waals surface area (Å²) in [6, 6.07) is 18.1. The van der Waals surface area contributed by atoms with Gasteiger partial charge >= 0.3 is 0 Å². The first kappa shape index (κ1) is 20.6. The molecule has 0 radical (unpaired) electrons. The SMILES string of the molecule is CCO/C=N/C1=C(C#N)C(c2ccc(C)cc2)C([N+](=O)[O-])C(c2ccccc2)S1. The van der Waals surface area contributed by atoms with Crippen LogP contribution >= 0.6 is 11.8 Å². The van der Waals surface area contributed by atoms with Crippen LogP contribution in [0.5, 0.6) is 0 Å². The maximum Gasteiger partial charge on any atom is 0.240 e. The summed E-state index contributed by atoms with van der Waals surface area (Å²) in [5.41, 5.74) is 2.91. The van der Waals surface area contributed by atoms with Gasteiger partial charge in [-0.3, -0.25) is 10.1 Å². The van der Waals surface area contributed by atoms with Crippen LogP contribution in [-0.2, 0) is 4.74 Å². The number of nitrogens with zero attached hydrogens (tertiary/aromatic N) is 3. The lowest BCUT2D eigenvalue weighted by molar-refractivity contribution is -0.525. The number of rotatable bonds is 6. The Balaban J connectivity index is 2.19. The van der Waals surface area contributed by atoms with E-state index in [-0.39, 0.29) is 4.92 Å². The number of benzene rings is 2. The Morgan fingerprint density at radius 2 is 1.90 bits per heavy atom. The summed E-state index contributed by atoms with van der Waals surface area (Å²) in [6.45, 7) is 4.24. The molecule has 148 valence electrons. The highest BCUT2D eigenvalue weighted by molar-refractivity contribution is 8.03. The molecule has 0 saturated heterocycles. The van der Waals surface area contributed by atoms with Gasteiger partial charge in [-0.15, -0.1) is 0 Å². The quantitative estimate of drug-likeness (QED) is 0.291. The molecule has 2 aromatic carbocycles. The number of hydrogen-bond acceptors (Lipinski definition) is 6. The van der Waals surface area contributed by atoms with Crippen LogP contribution in [0.25, 0.3) is 0 Å². The van der Waals surface area contributed by atoms with Gasteiger partial charge in [0.05, 0.1) is 24.2 Å². The van der Waals surface area contributed by atoms with Gasteiger partial charge in [0.2, 0.25) is 6.04 Å². The molecular formula is C22H21N3O3S. The maximum atomic E-state index is 12.2. The van der Waals surface area contributed by atoms with Crippen LogP contribution < -0.4 is 0 Å². The molecule has 3 atom stereocenters. The Kier molecular flexibility index (Phi) is 6.68. The third kappa shape index (κ3) is 4.49. The van der Waals surface area contributed by atoms with Crippen molar-refractivity contribution in [2.45, 2.75) is 31.1 Å². The van der Waals surface area contributed by atoms with E-state index < -0.39 is 17.2 Å². The molecule has 1 aliphatic heterocycles. The van der Waals surface area contributed by atoms with Gasteiger partial charge in [0.25, 0.3) is 0 Å². The van der Waals surface area contributed by atoms with Crippen LogP contribution in [0.2, 0.25) is 0 Å². The van der Waals surface area contributed by atoms with E-state index in [2.05, 4.69) is 11.1 Å². The molecule has 0 bridgehead atoms. The van der Waals surface area contributed by atoms with Crippen LogP contribution in [0.3, 0.4) is 0 Å². The third-order valence-corrected chi connectivity index (χ3v) is 6.12. The number of aryl methyl sites for hydroxylation is 1. The molecule has 7 heteroatoms. The van der Waals surface area contributed by atoms with Crippen molar-refractivity contribution in [3.63, 3.8) is 0 Å². The zero-order valence-corrected chi connectivity index (χ0v) is 17.0. The summed E-state index contributed by atoms with van der Waals surface area (Å²) in [6.07, 6.45) is 1.31. The summed E-state index contributed by atoms with van der Waals surface area (Å²) in [5, 5.41) is 22.1. The first-order valence-electron chi connectivity index (χ1n) is 9.26. The first-order chi connectivity index (χ1) is 14.1. The molecule has 0 spiro atoms. The Hall–Kier alpha value is -3.11. The van der Waals surface area contributed by atoms with E-state index in [1.807, 2.05) is 68.4 Å². The molecular weight excluding hydrogens is 386 g/mol. The number of aliphatic imine (C=N–C) groups is 1. The van der Waals surface area contributed by atoms with E-state index in [0.29, 0.717) is 17.2 Å². The molecule has 1 heterocycles. The van der Waals surface area contributed by atoms with Gasteiger partial charge in [0.15, 0.2) is 6.40 Å². The molecule has 0 N–H and O–H groups in total. The first-order valence-corrected chi connectivity index (χ1v) is 10.1. The topological polar surface area (TPSA) is 88.5 Å². The molecule has 0 saturated carbocycles. The molecule has 2 aromatic rings. The minimum atomic E-state index is -0.995. The monoisotopic (exact) mass is 407 g/mol. The number of nitriles is 1. The minimum absolute atomic E-state index is 0.268. The number of ether oxygens (including phenoxy) is 1. The van der Waals surface area contributed by atoms with Gasteiger partial charge in [0.1, 0.15) is 10.3 Å². The van der Waals surface area contributed by atoms with Gasteiger partial charge in [-0.2, -0.15) is 5.26 Å². The lowest BCUT2D eigenvalue weighted by atomic mass is 9.82. The van der Waals surface area contributed by atoms with Crippen LogP contribution in [0, 0.1) is 28.4 Å². The van der Waals surface area contributed by atoms with Crippen LogP contribution in [-0.4, -0.2) is 24.0 Å². The van der Waals surface area contributed by atoms with Gasteiger partial charge in [0, 0.05) is 4.92 Å². The highest BCUT2D eigenvalue weighted by Gasteiger charge is 2.48. The summed E-state index contributed by atoms with van der Waals surface area (Å²) in [7, 11) is 0. The fourth-order valence-electron chi connectivity index (χ4n) is 3.39. The highest BCUT2D eigenvalue weighted by atomic mass is 32.2. The van der Waals surface area contributed by atoms with Crippen molar-refractivity contribution >= 4 is 18.2 Å². The van der Waals surface area contributed by atoms with Crippen molar-refractivity contribution in [2.24, 2.45) is 4.99 Å².